The number of benzene rings is 1. The number of nitrogens with one attached hydrogen (secondary N) is 14. The molecule has 1 aromatic carbocycles. The average molecular weight is 1340 g/mol. The molecule has 2 heterocycles. The van der Waals surface area contributed by atoms with Crippen LogP contribution < -0.4 is 75.3 Å². The molecule has 0 aliphatic carbocycles. The van der Waals surface area contributed by atoms with Gasteiger partial charge in [-0.05, 0) is 88.6 Å². The summed E-state index contributed by atoms with van der Waals surface area (Å²) in [5.41, 5.74) is 12.7. The first-order valence-electron chi connectivity index (χ1n) is 30.3. The number of carbonyl (C=O) groups excluding carboxylic acids is 14. The maximum atomic E-state index is 14.3. The number of carbonyl (C=O) groups is 14. The Kier molecular flexibility index (Phi) is 34.5. The third kappa shape index (κ3) is 29.6. The van der Waals surface area contributed by atoms with E-state index in [1.54, 1.807) is 63.3 Å². The number of para-hydroxylation sites is 1. The fraction of sp³-hybridized carbons (Fsp3) is 0.576. The predicted octanol–water partition coefficient (Wildman–Crippen LogP) is -4.09. The third-order valence-electron chi connectivity index (χ3n) is 14.0. The van der Waals surface area contributed by atoms with E-state index in [0.29, 0.717) is 27.9 Å². The van der Waals surface area contributed by atoms with E-state index < -0.39 is 150 Å². The SMILES string of the molecule is CSCC[C@H](NC(=O)[C@H](CC(C)C)NC(=O)[C@H](Cc1cnc[nH]1)NC(=O)CNC(=O)[C@@H](NC(=O)[C@H](C)NC(=O)[C@H](Cc1c[nH]c2ccccc12)NC(=O)[C@H](CCC(N)=O)NC(=O)CCCCNC(=O)CNC(=O)[C@H](CS)NC(=O)CNC(=O)CN(C)C)C(C)C)C(N)=O. The third-order valence-corrected chi connectivity index (χ3v) is 15.1. The number of nitrogens with zero attached hydrogens (tertiary/aromatic N) is 2. The molecule has 32 nitrogen and oxygen atoms in total. The van der Waals surface area contributed by atoms with E-state index in [-0.39, 0.29) is 89.1 Å². The largest absolute Gasteiger partial charge is 0.370 e. The number of rotatable bonds is 43. The molecule has 0 saturated carbocycles. The second-order valence-electron chi connectivity index (χ2n) is 23.1. The van der Waals surface area contributed by atoms with Crippen molar-refractivity contribution in [1.82, 2.24) is 83.7 Å². The van der Waals surface area contributed by atoms with Crippen molar-refractivity contribution in [2.75, 3.05) is 64.6 Å². The summed E-state index contributed by atoms with van der Waals surface area (Å²) in [5.74, 6) is -10.3. The van der Waals surface area contributed by atoms with Crippen LogP contribution in [-0.4, -0.2) is 215 Å². The molecule has 0 aliphatic rings. The summed E-state index contributed by atoms with van der Waals surface area (Å²) in [6.45, 7) is 6.90. The molecule has 0 fully saturated rings. The first kappa shape index (κ1) is 78.5. The van der Waals surface area contributed by atoms with Gasteiger partial charge in [0.15, 0.2) is 0 Å². The minimum atomic E-state index is -1.41. The molecule has 0 saturated heterocycles. The molecular weight excluding hydrogens is 1250 g/mol. The van der Waals surface area contributed by atoms with Crippen molar-refractivity contribution in [2.24, 2.45) is 23.3 Å². The molecule has 0 spiro atoms. The number of imidazole rings is 1. The molecule has 3 rings (SSSR count). The van der Waals surface area contributed by atoms with Gasteiger partial charge in [-0.3, -0.25) is 67.1 Å². The lowest BCUT2D eigenvalue weighted by atomic mass is 10.0. The normalized spacial score (nSPS) is 13.7. The van der Waals surface area contributed by atoms with Crippen LogP contribution >= 0.6 is 24.4 Å². The number of primary amides is 2. The van der Waals surface area contributed by atoms with Gasteiger partial charge in [-0.25, -0.2) is 4.98 Å². The number of thiol groups is 1. The molecule has 0 radical (unpaired) electrons. The summed E-state index contributed by atoms with van der Waals surface area (Å²) in [5, 5.41) is 31.4. The highest BCUT2D eigenvalue weighted by Crippen LogP contribution is 2.20. The Morgan fingerprint density at radius 1 is 0.581 bits per heavy atom. The van der Waals surface area contributed by atoms with Gasteiger partial charge in [0, 0.05) is 67.0 Å². The van der Waals surface area contributed by atoms with Crippen molar-refractivity contribution >= 4 is 118 Å². The van der Waals surface area contributed by atoms with Crippen LogP contribution in [-0.2, 0) is 80.0 Å². The Bertz CT molecular complexity index is 3040. The molecular formula is C59H92N18O14S2. The van der Waals surface area contributed by atoms with Crippen LogP contribution in [0.2, 0.25) is 0 Å². The average Bonchev–Trinajstić information content (AvgIpc) is 2.02. The first-order valence-corrected chi connectivity index (χ1v) is 32.4. The van der Waals surface area contributed by atoms with Gasteiger partial charge in [-0.2, -0.15) is 24.4 Å². The fourth-order valence-electron chi connectivity index (χ4n) is 9.09. The maximum Gasteiger partial charge on any atom is 0.243 e. The molecule has 18 N–H and O–H groups in total. The number of aromatic nitrogens is 3. The van der Waals surface area contributed by atoms with E-state index in [4.69, 9.17) is 11.5 Å². The van der Waals surface area contributed by atoms with Crippen molar-refractivity contribution in [3.63, 3.8) is 0 Å². The van der Waals surface area contributed by atoms with E-state index in [1.165, 1.54) is 31.2 Å². The van der Waals surface area contributed by atoms with E-state index in [1.807, 2.05) is 20.1 Å². The number of thioether (sulfide) groups is 1. The summed E-state index contributed by atoms with van der Waals surface area (Å²) in [7, 11) is 3.36. The number of H-pyrrole nitrogens is 2. The molecule has 3 aromatic rings. The highest BCUT2D eigenvalue weighted by molar-refractivity contribution is 7.98. The number of amides is 14. The van der Waals surface area contributed by atoms with E-state index in [2.05, 4.69) is 91.4 Å². The highest BCUT2D eigenvalue weighted by Gasteiger charge is 2.34. The molecule has 8 atom stereocenters. The quantitative estimate of drug-likeness (QED) is 0.0189. The number of hydrogen-bond acceptors (Lipinski definition) is 18. The zero-order valence-electron chi connectivity index (χ0n) is 53.7. The van der Waals surface area contributed by atoms with Crippen molar-refractivity contribution in [3.05, 3.63) is 54.2 Å². The molecule has 34 heteroatoms. The van der Waals surface area contributed by atoms with Gasteiger partial charge in [0.2, 0.25) is 82.7 Å². The second-order valence-corrected chi connectivity index (χ2v) is 24.5. The van der Waals surface area contributed by atoms with Crippen LogP contribution in [0, 0.1) is 11.8 Å². The van der Waals surface area contributed by atoms with Gasteiger partial charge in [-0.1, -0.05) is 45.9 Å². The standard InChI is InChI=1S/C59H92N18O14S2/c1-32(2)21-41(57(89)73-39(52(61)84)18-20-93-8)74-58(90)43(23-36-25-62-31-68-36)71-49(82)28-67-59(91)51(33(3)4)76-53(85)34(5)69-56(88)42(22-35-24-64-38-14-10-9-13-37(35)38)75-55(87)40(16-17-45(60)78)70-46(79)15-11-12-19-63-47(80)26-66-54(86)44(30-92)72-48(81)27-65-50(83)29-77(6)7/h9-10,13-14,24-25,31-34,39-44,51,64,92H,11-12,15-23,26-30H2,1-8H3,(H2,60,78)(H2,61,84)(H,62,68)(H,63,80)(H,65,83)(H,66,86)(H,67,91)(H,69,88)(H,70,79)(H,71,82)(H,72,81)(H,73,89)(H,74,90)(H,75,87)(H,76,85)/t34-,39-,40-,41-,42-,43-,44-,51-/m0/s1. The lowest BCUT2D eigenvalue weighted by Gasteiger charge is -2.26. The summed E-state index contributed by atoms with van der Waals surface area (Å²) >= 11 is 5.55. The fourth-order valence-corrected chi connectivity index (χ4v) is 9.82. The summed E-state index contributed by atoms with van der Waals surface area (Å²) in [6, 6.07) is -2.79. The van der Waals surface area contributed by atoms with Gasteiger partial charge in [0.05, 0.1) is 32.5 Å². The molecule has 0 unspecified atom stereocenters. The van der Waals surface area contributed by atoms with Gasteiger partial charge in [-0.15, -0.1) is 0 Å². The van der Waals surface area contributed by atoms with Crippen molar-refractivity contribution in [1.29, 1.82) is 0 Å². The van der Waals surface area contributed by atoms with Gasteiger partial charge >= 0.3 is 0 Å². The van der Waals surface area contributed by atoms with Crippen molar-refractivity contribution in [3.8, 4) is 0 Å². The zero-order valence-corrected chi connectivity index (χ0v) is 55.5. The summed E-state index contributed by atoms with van der Waals surface area (Å²) in [6.07, 6.45) is 6.20. The Morgan fingerprint density at radius 3 is 1.80 bits per heavy atom. The summed E-state index contributed by atoms with van der Waals surface area (Å²) < 4.78 is 0. The highest BCUT2D eigenvalue weighted by atomic mass is 32.2. The number of unbranched alkanes of at least 4 members (excludes halogenated alkanes) is 1. The van der Waals surface area contributed by atoms with E-state index in [0.717, 1.165) is 0 Å². The van der Waals surface area contributed by atoms with Crippen LogP contribution in [0.25, 0.3) is 10.9 Å². The van der Waals surface area contributed by atoms with Crippen LogP contribution in [0.5, 0.6) is 0 Å². The number of fused-ring (bicyclic) bond motifs is 1. The molecule has 0 aliphatic heterocycles. The Morgan fingerprint density at radius 2 is 1.17 bits per heavy atom. The van der Waals surface area contributed by atoms with Crippen LogP contribution in [0.1, 0.15) is 90.8 Å². The monoisotopic (exact) mass is 1340 g/mol. The topological polar surface area (TPSA) is 483 Å². The smallest absolute Gasteiger partial charge is 0.243 e. The van der Waals surface area contributed by atoms with Crippen molar-refractivity contribution in [2.45, 2.75) is 141 Å². The molecule has 14 amide bonds. The Hall–Kier alpha value is -8.79. The van der Waals surface area contributed by atoms with Gasteiger partial charge in [0.25, 0.3) is 0 Å². The number of likely N-dealkylation sites (N-methyl/N-ethyl adjacent to an activating group) is 1. The van der Waals surface area contributed by atoms with Crippen LogP contribution in [0.3, 0.4) is 0 Å². The number of nitrogens with two attached hydrogens (primary N) is 2. The molecule has 2 aromatic heterocycles. The van der Waals surface area contributed by atoms with E-state index in [9.17, 15) is 67.1 Å². The maximum absolute atomic E-state index is 14.3. The Labute approximate surface area is 549 Å². The second kappa shape index (κ2) is 40.9. The Balaban J connectivity index is 1.66. The molecule has 93 heavy (non-hydrogen) atoms. The van der Waals surface area contributed by atoms with Crippen molar-refractivity contribution < 1.29 is 67.1 Å². The van der Waals surface area contributed by atoms with E-state index >= 15 is 0 Å². The minimum absolute atomic E-state index is 0.0564. The first-order chi connectivity index (χ1) is 44.0. The lowest BCUT2D eigenvalue weighted by molar-refractivity contribution is -0.135. The van der Waals surface area contributed by atoms with Gasteiger partial charge < -0.3 is 90.1 Å². The van der Waals surface area contributed by atoms with Crippen LogP contribution in [0.15, 0.2) is 43.0 Å². The predicted molar refractivity (Wildman–Crippen MR) is 349 cm³/mol. The number of aromatic amines is 2. The zero-order chi connectivity index (χ0) is 69.3. The number of hydrogen-bond donors (Lipinski definition) is 17. The summed E-state index contributed by atoms with van der Waals surface area (Å²) in [4.78, 5) is 195. The molecule has 0 bridgehead atoms. The van der Waals surface area contributed by atoms with Gasteiger partial charge in [0.1, 0.15) is 48.3 Å². The lowest BCUT2D eigenvalue weighted by Crippen LogP contribution is -2.59. The van der Waals surface area contributed by atoms with Crippen LogP contribution in [0.4, 0.5) is 0 Å². The molecule has 514 valence electrons. The minimum Gasteiger partial charge on any atom is -0.370 e.